The van der Waals surface area contributed by atoms with Crippen molar-refractivity contribution in [2.24, 2.45) is 0 Å². The normalized spacial score (nSPS) is 29.6. The minimum Gasteiger partial charge on any atom is -0.457 e. The number of ether oxygens (including phenoxy) is 5. The Balaban J connectivity index is 1.57. The highest BCUT2D eigenvalue weighted by molar-refractivity contribution is 5.73. The lowest BCUT2D eigenvalue weighted by Gasteiger charge is -2.48. The Morgan fingerprint density at radius 3 is 2.34 bits per heavy atom. The first kappa shape index (κ1) is 22.4. The van der Waals surface area contributed by atoms with Crippen molar-refractivity contribution < 1.29 is 33.3 Å². The molecule has 170 valence electrons. The van der Waals surface area contributed by atoms with E-state index in [0.717, 1.165) is 11.1 Å². The number of hydrogen-bond donors (Lipinski definition) is 1. The van der Waals surface area contributed by atoms with Gasteiger partial charge >= 0.3 is 5.97 Å². The molecule has 1 N–H and O–H groups in total. The van der Waals surface area contributed by atoms with Crippen LogP contribution in [0.1, 0.15) is 31.3 Å². The first-order chi connectivity index (χ1) is 15.5. The lowest BCUT2D eigenvalue weighted by Crippen LogP contribution is -2.67. The fourth-order valence-electron chi connectivity index (χ4n) is 3.97. The van der Waals surface area contributed by atoms with Gasteiger partial charge in [0.2, 0.25) is 5.91 Å². The van der Waals surface area contributed by atoms with Crippen LogP contribution in [0.3, 0.4) is 0 Å². The summed E-state index contributed by atoms with van der Waals surface area (Å²) in [4.78, 5) is 23.9. The highest BCUT2D eigenvalue weighted by Gasteiger charge is 2.52. The van der Waals surface area contributed by atoms with Gasteiger partial charge in [-0.3, -0.25) is 9.59 Å². The molecule has 0 spiro atoms. The number of fused-ring (bicyclic) bond motifs is 1. The second-order valence-electron chi connectivity index (χ2n) is 7.82. The van der Waals surface area contributed by atoms with E-state index in [-0.39, 0.29) is 19.1 Å². The minimum absolute atomic E-state index is 0.222. The largest absolute Gasteiger partial charge is 0.457 e. The van der Waals surface area contributed by atoms with Crippen molar-refractivity contribution in [3.8, 4) is 0 Å². The van der Waals surface area contributed by atoms with E-state index in [1.165, 1.54) is 13.8 Å². The molecule has 0 saturated carbocycles. The van der Waals surface area contributed by atoms with E-state index in [2.05, 4.69) is 5.32 Å². The standard InChI is InChI=1S/C24H27NO7/c1-15(26)25-20-22(30-16(2)27)21-19(14-29-23(32-21)18-11-7-4-8-12-18)31-24(20)28-13-17-9-5-3-6-10-17/h3-12,19-24H,13-14H2,1-2H3,(H,25,26)/t19-,20+,21-,22+,23-,24-/m1/s1. The van der Waals surface area contributed by atoms with Crippen LogP contribution >= 0.6 is 0 Å². The van der Waals surface area contributed by atoms with Gasteiger partial charge in [0.25, 0.3) is 0 Å². The molecule has 0 unspecified atom stereocenters. The number of nitrogens with one attached hydrogen (secondary N) is 1. The smallest absolute Gasteiger partial charge is 0.303 e. The molecule has 32 heavy (non-hydrogen) atoms. The Kier molecular flexibility index (Phi) is 7.16. The van der Waals surface area contributed by atoms with E-state index < -0.39 is 42.9 Å². The minimum atomic E-state index is -0.856. The van der Waals surface area contributed by atoms with Gasteiger partial charge in [-0.15, -0.1) is 0 Å². The molecule has 4 rings (SSSR count). The third-order valence-electron chi connectivity index (χ3n) is 5.34. The SMILES string of the molecule is CC(=O)N[C@@H]1[C@H](OCc2ccccc2)O[C@@H]2CO[C@@H](c3ccccc3)O[C@H]2[C@H]1OC(C)=O. The highest BCUT2D eigenvalue weighted by Crippen LogP contribution is 2.36. The van der Waals surface area contributed by atoms with Crippen molar-refractivity contribution in [1.29, 1.82) is 0 Å². The second kappa shape index (κ2) is 10.2. The number of benzene rings is 2. The van der Waals surface area contributed by atoms with Crippen LogP contribution in [0.15, 0.2) is 60.7 Å². The fourth-order valence-corrected chi connectivity index (χ4v) is 3.97. The van der Waals surface area contributed by atoms with Crippen molar-refractivity contribution in [2.45, 2.75) is 57.4 Å². The van der Waals surface area contributed by atoms with Crippen LogP contribution in [0.2, 0.25) is 0 Å². The topological polar surface area (TPSA) is 92.3 Å². The summed E-state index contributed by atoms with van der Waals surface area (Å²) in [5.74, 6) is -0.784. The zero-order valence-electron chi connectivity index (χ0n) is 18.0. The molecule has 2 aromatic carbocycles. The second-order valence-corrected chi connectivity index (χ2v) is 7.82. The Hall–Kier alpha value is -2.78. The maximum Gasteiger partial charge on any atom is 0.303 e. The molecule has 0 bridgehead atoms. The molecular weight excluding hydrogens is 414 g/mol. The molecule has 8 heteroatoms. The Bertz CT molecular complexity index is 907. The molecule has 1 amide bonds. The number of rotatable bonds is 6. The van der Waals surface area contributed by atoms with Crippen LogP contribution in [0, 0.1) is 0 Å². The van der Waals surface area contributed by atoms with Gasteiger partial charge in [0.05, 0.1) is 13.2 Å². The predicted octanol–water partition coefficient (Wildman–Crippen LogP) is 2.48. The van der Waals surface area contributed by atoms with E-state index in [1.54, 1.807) is 0 Å². The third kappa shape index (κ3) is 5.34. The first-order valence-corrected chi connectivity index (χ1v) is 10.6. The van der Waals surface area contributed by atoms with Crippen molar-refractivity contribution >= 4 is 11.9 Å². The molecule has 0 aromatic heterocycles. The van der Waals surface area contributed by atoms with Crippen molar-refractivity contribution in [1.82, 2.24) is 5.32 Å². The lowest BCUT2D eigenvalue weighted by atomic mass is 9.95. The molecule has 2 aliphatic heterocycles. The Morgan fingerprint density at radius 1 is 1.00 bits per heavy atom. The Labute approximate surface area is 186 Å². The fraction of sp³-hybridized carbons (Fsp3) is 0.417. The molecular formula is C24H27NO7. The van der Waals surface area contributed by atoms with E-state index in [1.807, 2.05) is 60.7 Å². The summed E-state index contributed by atoms with van der Waals surface area (Å²) in [5.41, 5.74) is 1.79. The monoisotopic (exact) mass is 441 g/mol. The first-order valence-electron chi connectivity index (χ1n) is 10.6. The molecule has 2 aliphatic rings. The van der Waals surface area contributed by atoms with Gasteiger partial charge in [-0.25, -0.2) is 0 Å². The van der Waals surface area contributed by atoms with Gasteiger partial charge in [0.15, 0.2) is 18.7 Å². The van der Waals surface area contributed by atoms with Crippen molar-refractivity contribution in [2.75, 3.05) is 6.61 Å². The zero-order valence-corrected chi connectivity index (χ0v) is 18.0. The molecule has 2 aromatic rings. The molecule has 2 fully saturated rings. The van der Waals surface area contributed by atoms with Gasteiger partial charge in [-0.1, -0.05) is 60.7 Å². The maximum absolute atomic E-state index is 12.0. The number of carbonyl (C=O) groups is 2. The zero-order chi connectivity index (χ0) is 22.5. The summed E-state index contributed by atoms with van der Waals surface area (Å²) in [7, 11) is 0. The van der Waals surface area contributed by atoms with E-state index in [9.17, 15) is 9.59 Å². The van der Waals surface area contributed by atoms with Crippen molar-refractivity contribution in [3.05, 3.63) is 71.8 Å². The van der Waals surface area contributed by atoms with Crippen molar-refractivity contribution in [3.63, 3.8) is 0 Å². The third-order valence-corrected chi connectivity index (χ3v) is 5.34. The number of carbonyl (C=O) groups excluding carboxylic acids is 2. The van der Waals surface area contributed by atoms with E-state index in [0.29, 0.717) is 0 Å². The molecule has 2 heterocycles. The van der Waals surface area contributed by atoms with Crippen LogP contribution in [-0.4, -0.2) is 49.1 Å². The number of hydrogen-bond acceptors (Lipinski definition) is 7. The van der Waals surface area contributed by atoms with Crippen LogP contribution in [0.4, 0.5) is 0 Å². The summed E-state index contributed by atoms with van der Waals surface area (Å²) in [5, 5.41) is 2.82. The van der Waals surface area contributed by atoms with Gasteiger partial charge in [-0.05, 0) is 5.56 Å². The summed E-state index contributed by atoms with van der Waals surface area (Å²) in [6.07, 6.45) is -3.49. The van der Waals surface area contributed by atoms with Crippen LogP contribution < -0.4 is 5.32 Å². The summed E-state index contributed by atoms with van der Waals surface area (Å²) in [6.45, 7) is 3.20. The van der Waals surface area contributed by atoms with Crippen LogP contribution in [-0.2, 0) is 39.9 Å². The van der Waals surface area contributed by atoms with Crippen LogP contribution in [0.5, 0.6) is 0 Å². The quantitative estimate of drug-likeness (QED) is 0.689. The number of amides is 1. The highest BCUT2D eigenvalue weighted by atomic mass is 16.8. The molecule has 0 aliphatic carbocycles. The van der Waals surface area contributed by atoms with Gasteiger partial charge in [0, 0.05) is 19.4 Å². The molecule has 2 saturated heterocycles. The maximum atomic E-state index is 12.0. The summed E-state index contributed by atoms with van der Waals surface area (Å²) < 4.78 is 29.9. The van der Waals surface area contributed by atoms with Crippen LogP contribution in [0.25, 0.3) is 0 Å². The molecule has 8 nitrogen and oxygen atoms in total. The molecule has 0 radical (unpaired) electrons. The lowest BCUT2D eigenvalue weighted by molar-refractivity contribution is -0.346. The average molecular weight is 441 g/mol. The predicted molar refractivity (Wildman–Crippen MR) is 113 cm³/mol. The summed E-state index contributed by atoms with van der Waals surface area (Å²) >= 11 is 0. The molecule has 6 atom stereocenters. The van der Waals surface area contributed by atoms with Gasteiger partial charge in [-0.2, -0.15) is 0 Å². The van der Waals surface area contributed by atoms with E-state index >= 15 is 0 Å². The average Bonchev–Trinajstić information content (AvgIpc) is 2.80. The van der Waals surface area contributed by atoms with Gasteiger partial charge in [0.1, 0.15) is 18.2 Å². The number of esters is 1. The van der Waals surface area contributed by atoms with E-state index in [4.69, 9.17) is 23.7 Å². The summed E-state index contributed by atoms with van der Waals surface area (Å²) in [6, 6.07) is 18.3. The Morgan fingerprint density at radius 2 is 1.69 bits per heavy atom. The van der Waals surface area contributed by atoms with Gasteiger partial charge < -0.3 is 29.0 Å².